The van der Waals surface area contributed by atoms with Crippen molar-refractivity contribution in [1.29, 1.82) is 0 Å². The number of rotatable bonds is 3. The average molecular weight is 370 g/mol. The number of H-pyrrole nitrogens is 1. The van der Waals surface area contributed by atoms with Gasteiger partial charge in [-0.3, -0.25) is 19.6 Å². The predicted molar refractivity (Wildman–Crippen MR) is 97.9 cm³/mol. The molecule has 1 saturated carbocycles. The number of nitrogens with one attached hydrogen (secondary N) is 2. The highest BCUT2D eigenvalue weighted by molar-refractivity contribution is 6.10. The van der Waals surface area contributed by atoms with Crippen molar-refractivity contribution in [2.45, 2.75) is 44.6 Å². The Morgan fingerprint density at radius 1 is 1.26 bits per heavy atom. The summed E-state index contributed by atoms with van der Waals surface area (Å²) in [5.41, 5.74) is 0.619. The number of likely N-dealkylation sites (N-methyl/N-ethyl adjacent to an activating group) is 1. The van der Waals surface area contributed by atoms with Gasteiger partial charge in [0.2, 0.25) is 5.91 Å². The van der Waals surface area contributed by atoms with E-state index < -0.39 is 17.5 Å². The van der Waals surface area contributed by atoms with Crippen LogP contribution < -0.4 is 5.32 Å². The Hall–Kier alpha value is -2.97. The second-order valence-corrected chi connectivity index (χ2v) is 7.29. The summed E-state index contributed by atoms with van der Waals surface area (Å²) in [6.45, 7) is 1.54. The van der Waals surface area contributed by atoms with E-state index in [9.17, 15) is 14.4 Å². The van der Waals surface area contributed by atoms with Gasteiger partial charge in [-0.2, -0.15) is 5.10 Å². The minimum Gasteiger partial charge on any atom is -0.313 e. The number of urea groups is 1. The van der Waals surface area contributed by atoms with Gasteiger partial charge in [0.05, 0.1) is 5.39 Å². The van der Waals surface area contributed by atoms with Crippen LogP contribution in [0.15, 0.2) is 12.1 Å². The fraction of sp³-hybridized carbons (Fsp3) is 0.500. The van der Waals surface area contributed by atoms with E-state index in [1.165, 1.54) is 4.90 Å². The van der Waals surface area contributed by atoms with Crippen LogP contribution in [0.2, 0.25) is 0 Å². The van der Waals surface area contributed by atoms with Crippen LogP contribution in [-0.4, -0.2) is 62.0 Å². The van der Waals surface area contributed by atoms with E-state index in [1.807, 2.05) is 19.1 Å². The number of anilines is 1. The van der Waals surface area contributed by atoms with Gasteiger partial charge < -0.3 is 10.2 Å². The molecule has 0 atom stereocenters. The summed E-state index contributed by atoms with van der Waals surface area (Å²) < 4.78 is 0. The molecule has 0 bridgehead atoms. The standard InChI is InChI=1S/C18H22N6O3/c1-11-6-7-12-14(19-11)21-22-15(12)20-13(25)10-24-16(26)18(23(2)17(24)27)8-4-3-5-9-18/h6-7H,3-5,8-10H2,1-2H3,(H2,19,20,21,22,25). The summed E-state index contributed by atoms with van der Waals surface area (Å²) in [4.78, 5) is 44.9. The van der Waals surface area contributed by atoms with Gasteiger partial charge in [0.25, 0.3) is 5.91 Å². The number of hydrogen-bond donors (Lipinski definition) is 2. The Morgan fingerprint density at radius 2 is 2.00 bits per heavy atom. The van der Waals surface area contributed by atoms with Crippen molar-refractivity contribution in [3.05, 3.63) is 17.8 Å². The van der Waals surface area contributed by atoms with E-state index in [0.717, 1.165) is 29.9 Å². The number of imide groups is 1. The Kier molecular flexibility index (Phi) is 4.09. The van der Waals surface area contributed by atoms with Crippen molar-refractivity contribution in [3.8, 4) is 0 Å². The SMILES string of the molecule is Cc1ccc2c(NC(=O)CN3C(=O)N(C)C4(CCCCC4)C3=O)n[nH]c2n1. The number of carbonyl (C=O) groups is 3. The minimum atomic E-state index is -0.782. The van der Waals surface area contributed by atoms with Crippen molar-refractivity contribution < 1.29 is 14.4 Å². The second kappa shape index (κ2) is 6.33. The highest BCUT2D eigenvalue weighted by Gasteiger charge is 2.55. The van der Waals surface area contributed by atoms with E-state index in [1.54, 1.807) is 7.05 Å². The van der Waals surface area contributed by atoms with Crippen LogP contribution in [0, 0.1) is 6.92 Å². The zero-order valence-electron chi connectivity index (χ0n) is 15.4. The van der Waals surface area contributed by atoms with Crippen molar-refractivity contribution in [2.24, 2.45) is 0 Å². The first-order valence-electron chi connectivity index (χ1n) is 9.14. The highest BCUT2D eigenvalue weighted by atomic mass is 16.2. The summed E-state index contributed by atoms with van der Waals surface area (Å²) in [7, 11) is 1.65. The molecule has 0 radical (unpaired) electrons. The molecule has 2 fully saturated rings. The van der Waals surface area contributed by atoms with Gasteiger partial charge in [0.1, 0.15) is 12.1 Å². The third kappa shape index (κ3) is 2.73. The number of pyridine rings is 1. The lowest BCUT2D eigenvalue weighted by Gasteiger charge is -2.35. The monoisotopic (exact) mass is 370 g/mol. The number of nitrogens with zero attached hydrogens (tertiary/aromatic N) is 4. The van der Waals surface area contributed by atoms with Crippen LogP contribution in [0.1, 0.15) is 37.8 Å². The van der Waals surface area contributed by atoms with Gasteiger partial charge in [-0.05, 0) is 31.9 Å². The molecule has 0 unspecified atom stereocenters. The molecule has 3 heterocycles. The molecule has 9 nitrogen and oxygen atoms in total. The normalized spacial score (nSPS) is 19.3. The van der Waals surface area contributed by atoms with Crippen molar-refractivity contribution >= 4 is 34.7 Å². The lowest BCUT2D eigenvalue weighted by Crippen LogP contribution is -2.49. The van der Waals surface area contributed by atoms with Gasteiger partial charge in [-0.25, -0.2) is 9.78 Å². The molecule has 1 spiro atoms. The third-order valence-corrected chi connectivity index (χ3v) is 5.61. The molecule has 1 aliphatic heterocycles. The van der Waals surface area contributed by atoms with E-state index in [2.05, 4.69) is 20.5 Å². The molecule has 1 saturated heterocycles. The lowest BCUT2D eigenvalue weighted by molar-refractivity contribution is -0.136. The molecule has 2 aliphatic rings. The van der Waals surface area contributed by atoms with E-state index in [4.69, 9.17) is 0 Å². The maximum atomic E-state index is 12.9. The van der Waals surface area contributed by atoms with Crippen LogP contribution in [0.25, 0.3) is 11.0 Å². The number of amides is 4. The molecule has 2 aromatic heterocycles. The van der Waals surface area contributed by atoms with Crippen molar-refractivity contribution in [2.75, 3.05) is 18.9 Å². The number of fused-ring (bicyclic) bond motifs is 1. The molecule has 2 aromatic rings. The first-order valence-corrected chi connectivity index (χ1v) is 9.14. The Morgan fingerprint density at radius 3 is 2.74 bits per heavy atom. The maximum Gasteiger partial charge on any atom is 0.327 e. The number of aryl methyl sites for hydroxylation is 1. The van der Waals surface area contributed by atoms with E-state index in [0.29, 0.717) is 29.7 Å². The second-order valence-electron chi connectivity index (χ2n) is 7.29. The molecule has 0 aromatic carbocycles. The molecule has 4 rings (SSSR count). The molecule has 2 N–H and O–H groups in total. The zero-order valence-corrected chi connectivity index (χ0v) is 15.4. The summed E-state index contributed by atoms with van der Waals surface area (Å²) in [5, 5.41) is 10.2. The maximum absolute atomic E-state index is 12.9. The van der Waals surface area contributed by atoms with Crippen LogP contribution in [0.4, 0.5) is 10.6 Å². The molecule has 1 aliphatic carbocycles. The minimum absolute atomic E-state index is 0.269. The average Bonchev–Trinajstić information content (AvgIpc) is 3.12. The van der Waals surface area contributed by atoms with Crippen LogP contribution in [-0.2, 0) is 9.59 Å². The largest absolute Gasteiger partial charge is 0.327 e. The van der Waals surface area contributed by atoms with E-state index in [-0.39, 0.29) is 12.5 Å². The summed E-state index contributed by atoms with van der Waals surface area (Å²) in [6.07, 6.45) is 4.20. The summed E-state index contributed by atoms with van der Waals surface area (Å²) >= 11 is 0. The van der Waals surface area contributed by atoms with Crippen LogP contribution in [0.3, 0.4) is 0 Å². The highest BCUT2D eigenvalue weighted by Crippen LogP contribution is 2.39. The molecular weight excluding hydrogens is 348 g/mol. The quantitative estimate of drug-likeness (QED) is 0.800. The summed E-state index contributed by atoms with van der Waals surface area (Å²) in [6, 6.07) is 3.22. The Labute approximate surface area is 156 Å². The first kappa shape index (κ1) is 17.4. The zero-order chi connectivity index (χ0) is 19.2. The van der Waals surface area contributed by atoms with Gasteiger partial charge in [0, 0.05) is 12.7 Å². The predicted octanol–water partition coefficient (Wildman–Crippen LogP) is 1.80. The molecule has 4 amide bonds. The third-order valence-electron chi connectivity index (χ3n) is 5.61. The van der Waals surface area contributed by atoms with Crippen LogP contribution >= 0.6 is 0 Å². The number of carbonyl (C=O) groups excluding carboxylic acids is 3. The molecule has 9 heteroatoms. The molecule has 142 valence electrons. The fourth-order valence-electron chi connectivity index (χ4n) is 4.08. The van der Waals surface area contributed by atoms with Crippen molar-refractivity contribution in [3.63, 3.8) is 0 Å². The smallest absolute Gasteiger partial charge is 0.313 e. The van der Waals surface area contributed by atoms with Gasteiger partial charge in [-0.1, -0.05) is 19.3 Å². The van der Waals surface area contributed by atoms with Gasteiger partial charge >= 0.3 is 6.03 Å². The first-order chi connectivity index (χ1) is 12.9. The van der Waals surface area contributed by atoms with Crippen LogP contribution in [0.5, 0.6) is 0 Å². The summed E-state index contributed by atoms with van der Waals surface area (Å²) in [5.74, 6) is -0.400. The van der Waals surface area contributed by atoms with Gasteiger partial charge in [0.15, 0.2) is 11.5 Å². The molecular formula is C18H22N6O3. The van der Waals surface area contributed by atoms with Gasteiger partial charge in [-0.15, -0.1) is 0 Å². The molecule has 27 heavy (non-hydrogen) atoms. The van der Waals surface area contributed by atoms with Crippen molar-refractivity contribution in [1.82, 2.24) is 25.0 Å². The Bertz CT molecular complexity index is 930. The number of aromatic nitrogens is 3. The fourth-order valence-corrected chi connectivity index (χ4v) is 4.08. The number of hydrogen-bond acceptors (Lipinski definition) is 5. The Balaban J connectivity index is 1.50. The topological polar surface area (TPSA) is 111 Å². The number of aromatic amines is 1. The van der Waals surface area contributed by atoms with E-state index >= 15 is 0 Å². The lowest BCUT2D eigenvalue weighted by atomic mass is 9.81.